The van der Waals surface area contributed by atoms with Gasteiger partial charge >= 0.3 is 0 Å². The number of hydrogen-bond donors (Lipinski definition) is 2. The molecule has 0 saturated heterocycles. The van der Waals surface area contributed by atoms with Gasteiger partial charge in [-0.15, -0.1) is 0 Å². The second-order valence-corrected chi connectivity index (χ2v) is 7.24. The lowest BCUT2D eigenvalue weighted by atomic mass is 10.1. The average molecular weight is 394 g/mol. The second kappa shape index (κ2) is 9.47. The molecule has 1 aliphatic rings. The molecule has 0 aromatic heterocycles. The van der Waals surface area contributed by atoms with Crippen molar-refractivity contribution in [1.29, 1.82) is 0 Å². The molecule has 1 heterocycles. The van der Waals surface area contributed by atoms with Crippen molar-refractivity contribution in [3.63, 3.8) is 0 Å². The van der Waals surface area contributed by atoms with Crippen LogP contribution in [0.4, 0.5) is 0 Å². The minimum Gasteiger partial charge on any atom is -0.352 e. The summed E-state index contributed by atoms with van der Waals surface area (Å²) in [5.74, 6) is -0.830. The molecular weight excluding hydrogens is 366 g/mol. The molecule has 3 rings (SSSR count). The molecule has 0 aliphatic carbocycles. The molecule has 2 N–H and O–H groups in total. The molecule has 3 amide bonds. The maximum Gasteiger partial charge on any atom is 0.261 e. The van der Waals surface area contributed by atoms with E-state index in [0.29, 0.717) is 17.7 Å². The van der Waals surface area contributed by atoms with E-state index in [4.69, 9.17) is 0 Å². The standard InChI is InChI=1S/C23H27N3O3/c1-3-25(4-2)16-18-10-6-5-9-17(18)15-24-21(27)13-14-26-22(28)19-11-7-8-12-20(19)23(26)29/h5-12H,3-4,13-16H2,1-2H3,(H,24,27)/p+1. The first-order chi connectivity index (χ1) is 14.0. The topological polar surface area (TPSA) is 70.9 Å². The van der Waals surface area contributed by atoms with Gasteiger partial charge in [0.1, 0.15) is 6.54 Å². The van der Waals surface area contributed by atoms with Crippen LogP contribution < -0.4 is 10.2 Å². The highest BCUT2D eigenvalue weighted by Gasteiger charge is 2.34. The molecule has 0 spiro atoms. The second-order valence-electron chi connectivity index (χ2n) is 7.24. The van der Waals surface area contributed by atoms with Gasteiger partial charge < -0.3 is 10.2 Å². The number of hydrogen-bond acceptors (Lipinski definition) is 3. The molecular formula is C23H28N3O3+. The van der Waals surface area contributed by atoms with E-state index in [0.717, 1.165) is 30.1 Å². The summed E-state index contributed by atoms with van der Waals surface area (Å²) in [5, 5.41) is 2.93. The van der Waals surface area contributed by atoms with Crippen LogP contribution in [-0.2, 0) is 17.9 Å². The van der Waals surface area contributed by atoms with Gasteiger partial charge in [-0.25, -0.2) is 0 Å². The monoisotopic (exact) mass is 394 g/mol. The SMILES string of the molecule is CC[NH+](CC)Cc1ccccc1CNC(=O)CCN1C(=O)c2ccccc2C1=O. The van der Waals surface area contributed by atoms with Crippen molar-refractivity contribution in [3.05, 3.63) is 70.8 Å². The summed E-state index contributed by atoms with van der Waals surface area (Å²) < 4.78 is 0. The fourth-order valence-electron chi connectivity index (χ4n) is 3.61. The summed E-state index contributed by atoms with van der Waals surface area (Å²) in [6.07, 6.45) is 0.0922. The minimum atomic E-state index is -0.328. The molecule has 2 aromatic rings. The fourth-order valence-corrected chi connectivity index (χ4v) is 3.61. The van der Waals surface area contributed by atoms with Gasteiger partial charge in [-0.1, -0.05) is 36.4 Å². The molecule has 1 aliphatic heterocycles. The van der Waals surface area contributed by atoms with E-state index in [9.17, 15) is 14.4 Å². The van der Waals surface area contributed by atoms with Crippen molar-refractivity contribution in [2.45, 2.75) is 33.4 Å². The van der Waals surface area contributed by atoms with Crippen molar-refractivity contribution in [2.75, 3.05) is 19.6 Å². The van der Waals surface area contributed by atoms with E-state index in [1.807, 2.05) is 18.2 Å². The molecule has 152 valence electrons. The van der Waals surface area contributed by atoms with Crippen LogP contribution in [0, 0.1) is 0 Å². The molecule has 0 bridgehead atoms. The first-order valence-corrected chi connectivity index (χ1v) is 10.2. The Hall–Kier alpha value is -2.99. The highest BCUT2D eigenvalue weighted by Crippen LogP contribution is 2.22. The summed E-state index contributed by atoms with van der Waals surface area (Å²) in [6, 6.07) is 14.9. The summed E-state index contributed by atoms with van der Waals surface area (Å²) in [7, 11) is 0. The summed E-state index contributed by atoms with van der Waals surface area (Å²) in [5.41, 5.74) is 3.14. The van der Waals surface area contributed by atoms with E-state index >= 15 is 0 Å². The van der Waals surface area contributed by atoms with Crippen LogP contribution in [0.15, 0.2) is 48.5 Å². The van der Waals surface area contributed by atoms with Gasteiger partial charge in [-0.05, 0) is 31.5 Å². The number of rotatable bonds is 9. The van der Waals surface area contributed by atoms with Gasteiger partial charge in [0, 0.05) is 25.1 Å². The Balaban J connectivity index is 1.54. The number of imide groups is 1. The van der Waals surface area contributed by atoms with Crippen LogP contribution in [0.3, 0.4) is 0 Å². The first-order valence-electron chi connectivity index (χ1n) is 10.2. The van der Waals surface area contributed by atoms with Crippen LogP contribution in [0.1, 0.15) is 52.1 Å². The zero-order valence-electron chi connectivity index (χ0n) is 17.0. The summed E-state index contributed by atoms with van der Waals surface area (Å²) in [4.78, 5) is 39.7. The molecule has 29 heavy (non-hydrogen) atoms. The van der Waals surface area contributed by atoms with Crippen molar-refractivity contribution in [1.82, 2.24) is 10.2 Å². The van der Waals surface area contributed by atoms with Crippen molar-refractivity contribution >= 4 is 17.7 Å². The number of fused-ring (bicyclic) bond motifs is 1. The van der Waals surface area contributed by atoms with Crippen molar-refractivity contribution in [2.24, 2.45) is 0 Å². The fraction of sp³-hybridized carbons (Fsp3) is 0.348. The minimum absolute atomic E-state index is 0.0867. The third-order valence-electron chi connectivity index (χ3n) is 5.48. The Kier molecular flexibility index (Phi) is 6.77. The highest BCUT2D eigenvalue weighted by atomic mass is 16.2. The van der Waals surface area contributed by atoms with E-state index in [1.165, 1.54) is 10.5 Å². The molecule has 0 saturated carbocycles. The number of carbonyl (C=O) groups excluding carboxylic acids is 3. The molecule has 0 atom stereocenters. The molecule has 0 fully saturated rings. The number of amides is 3. The van der Waals surface area contributed by atoms with E-state index in [2.05, 4.69) is 25.2 Å². The van der Waals surface area contributed by atoms with Crippen molar-refractivity contribution < 1.29 is 19.3 Å². The third kappa shape index (κ3) is 4.71. The van der Waals surface area contributed by atoms with Gasteiger partial charge in [-0.2, -0.15) is 0 Å². The van der Waals surface area contributed by atoms with E-state index in [-0.39, 0.29) is 30.7 Å². The van der Waals surface area contributed by atoms with Crippen LogP contribution in [0.5, 0.6) is 0 Å². The normalized spacial score (nSPS) is 13.1. The predicted molar refractivity (Wildman–Crippen MR) is 110 cm³/mol. The lowest BCUT2D eigenvalue weighted by Crippen LogP contribution is -3.10. The highest BCUT2D eigenvalue weighted by molar-refractivity contribution is 6.21. The molecule has 6 nitrogen and oxygen atoms in total. The van der Waals surface area contributed by atoms with Crippen LogP contribution in [0.25, 0.3) is 0 Å². The van der Waals surface area contributed by atoms with Crippen LogP contribution >= 0.6 is 0 Å². The number of carbonyl (C=O) groups is 3. The third-order valence-corrected chi connectivity index (χ3v) is 5.48. The largest absolute Gasteiger partial charge is 0.352 e. The Morgan fingerprint density at radius 2 is 1.45 bits per heavy atom. The summed E-state index contributed by atoms with van der Waals surface area (Å²) >= 11 is 0. The lowest BCUT2D eigenvalue weighted by Gasteiger charge is -2.18. The number of nitrogens with one attached hydrogen (secondary N) is 2. The lowest BCUT2D eigenvalue weighted by molar-refractivity contribution is -0.910. The van der Waals surface area contributed by atoms with E-state index in [1.54, 1.807) is 24.3 Å². The molecule has 0 unspecified atom stereocenters. The molecule has 6 heteroatoms. The quantitative estimate of drug-likeness (QED) is 0.632. The van der Waals surface area contributed by atoms with Crippen LogP contribution in [0.2, 0.25) is 0 Å². The molecule has 2 aromatic carbocycles. The Labute approximate surface area is 171 Å². The Morgan fingerprint density at radius 1 is 0.897 bits per heavy atom. The van der Waals surface area contributed by atoms with Crippen LogP contribution in [-0.4, -0.2) is 42.3 Å². The molecule has 0 radical (unpaired) electrons. The Morgan fingerprint density at radius 3 is 2.03 bits per heavy atom. The van der Waals surface area contributed by atoms with Gasteiger partial charge in [0.15, 0.2) is 0 Å². The number of benzene rings is 2. The summed E-state index contributed by atoms with van der Waals surface area (Å²) in [6.45, 7) is 7.90. The van der Waals surface area contributed by atoms with Gasteiger partial charge in [0.05, 0.1) is 24.2 Å². The first kappa shape index (κ1) is 20.7. The van der Waals surface area contributed by atoms with Gasteiger partial charge in [-0.3, -0.25) is 19.3 Å². The van der Waals surface area contributed by atoms with E-state index < -0.39 is 0 Å². The Bertz CT molecular complexity index is 871. The number of quaternary nitrogens is 1. The zero-order valence-corrected chi connectivity index (χ0v) is 17.0. The van der Waals surface area contributed by atoms with Gasteiger partial charge in [0.25, 0.3) is 11.8 Å². The number of nitrogens with zero attached hydrogens (tertiary/aromatic N) is 1. The zero-order chi connectivity index (χ0) is 20.8. The maximum atomic E-state index is 12.4. The predicted octanol–water partition coefficient (Wildman–Crippen LogP) is 1.41. The van der Waals surface area contributed by atoms with Gasteiger partial charge in [0.2, 0.25) is 5.91 Å². The average Bonchev–Trinajstić information content (AvgIpc) is 2.99. The smallest absolute Gasteiger partial charge is 0.261 e. The van der Waals surface area contributed by atoms with Crippen molar-refractivity contribution in [3.8, 4) is 0 Å². The maximum absolute atomic E-state index is 12.4.